The molecule has 1 unspecified atom stereocenters. The second-order valence-corrected chi connectivity index (χ2v) is 7.71. The Labute approximate surface area is 184 Å². The summed E-state index contributed by atoms with van der Waals surface area (Å²) in [4.78, 5) is 22.2. The van der Waals surface area contributed by atoms with Gasteiger partial charge in [-0.05, 0) is 54.5 Å². The standard InChI is InChI=1S/C25H21FN4O2/c1-2-25(31)29-12-9-18(15-29)19-14-22(30-16-27-11-8-21(19)30)17-6-7-23(20(26)13-17)32-24-5-3-4-10-28-24/h2-8,10-11,13-14,16,18H,1,9,12,15H2. The van der Waals surface area contributed by atoms with E-state index in [9.17, 15) is 9.18 Å². The molecule has 1 amide bonds. The van der Waals surface area contributed by atoms with E-state index in [1.165, 1.54) is 12.1 Å². The van der Waals surface area contributed by atoms with Crippen LogP contribution in [-0.2, 0) is 4.79 Å². The monoisotopic (exact) mass is 428 g/mol. The lowest BCUT2D eigenvalue weighted by atomic mass is 9.99. The van der Waals surface area contributed by atoms with Gasteiger partial charge in [-0.1, -0.05) is 12.6 Å². The van der Waals surface area contributed by atoms with Crippen LogP contribution in [0.3, 0.4) is 0 Å². The van der Waals surface area contributed by atoms with Crippen molar-refractivity contribution < 1.29 is 13.9 Å². The maximum absolute atomic E-state index is 14.9. The van der Waals surface area contributed by atoms with Gasteiger partial charge in [0.05, 0.1) is 17.5 Å². The van der Waals surface area contributed by atoms with Gasteiger partial charge in [-0.25, -0.2) is 14.4 Å². The van der Waals surface area contributed by atoms with Crippen LogP contribution in [0.4, 0.5) is 4.39 Å². The highest BCUT2D eigenvalue weighted by molar-refractivity contribution is 5.87. The molecule has 4 heterocycles. The summed E-state index contributed by atoms with van der Waals surface area (Å²) in [5.41, 5.74) is 3.67. The third-order valence-electron chi connectivity index (χ3n) is 5.80. The second-order valence-electron chi connectivity index (χ2n) is 7.71. The van der Waals surface area contributed by atoms with Gasteiger partial charge in [0.2, 0.25) is 11.8 Å². The number of carbonyl (C=O) groups excluding carboxylic acids is 1. The molecule has 32 heavy (non-hydrogen) atoms. The average molecular weight is 428 g/mol. The van der Waals surface area contributed by atoms with Crippen LogP contribution in [0.5, 0.6) is 11.6 Å². The van der Waals surface area contributed by atoms with Gasteiger partial charge in [0.25, 0.3) is 0 Å². The van der Waals surface area contributed by atoms with Crippen LogP contribution < -0.4 is 4.74 Å². The number of hydrogen-bond donors (Lipinski definition) is 0. The van der Waals surface area contributed by atoms with Gasteiger partial charge in [-0.15, -0.1) is 0 Å². The van der Waals surface area contributed by atoms with E-state index < -0.39 is 5.82 Å². The Balaban J connectivity index is 1.49. The van der Waals surface area contributed by atoms with Crippen molar-refractivity contribution in [1.82, 2.24) is 19.3 Å². The third-order valence-corrected chi connectivity index (χ3v) is 5.80. The van der Waals surface area contributed by atoms with Crippen molar-refractivity contribution >= 4 is 11.4 Å². The van der Waals surface area contributed by atoms with E-state index in [0.29, 0.717) is 24.5 Å². The van der Waals surface area contributed by atoms with E-state index in [1.54, 1.807) is 43.0 Å². The highest BCUT2D eigenvalue weighted by Crippen LogP contribution is 2.36. The summed E-state index contributed by atoms with van der Waals surface area (Å²) in [6.07, 6.45) is 7.29. The largest absolute Gasteiger partial charge is 0.436 e. The zero-order valence-corrected chi connectivity index (χ0v) is 17.3. The molecule has 0 spiro atoms. The molecule has 1 saturated heterocycles. The average Bonchev–Trinajstić information content (AvgIpc) is 3.46. The van der Waals surface area contributed by atoms with Crippen LogP contribution in [0.25, 0.3) is 16.8 Å². The number of rotatable bonds is 5. The molecule has 0 bridgehead atoms. The van der Waals surface area contributed by atoms with Crippen LogP contribution in [0, 0.1) is 5.82 Å². The summed E-state index contributed by atoms with van der Waals surface area (Å²) in [6, 6.07) is 14.1. The zero-order chi connectivity index (χ0) is 22.1. The molecule has 0 saturated carbocycles. The number of nitrogens with zero attached hydrogens (tertiary/aromatic N) is 4. The van der Waals surface area contributed by atoms with E-state index in [0.717, 1.165) is 23.2 Å². The first-order chi connectivity index (χ1) is 15.6. The number of benzene rings is 1. The van der Waals surface area contributed by atoms with Crippen LogP contribution in [0.1, 0.15) is 17.9 Å². The molecular formula is C25H21FN4O2. The van der Waals surface area contributed by atoms with E-state index in [-0.39, 0.29) is 17.6 Å². The Kier molecular flexibility index (Phi) is 5.15. The molecule has 0 N–H and O–H groups in total. The highest BCUT2D eigenvalue weighted by atomic mass is 19.1. The molecular weight excluding hydrogens is 407 g/mol. The fraction of sp³-hybridized carbons (Fsp3) is 0.160. The lowest BCUT2D eigenvalue weighted by molar-refractivity contribution is -0.125. The fourth-order valence-corrected chi connectivity index (χ4v) is 4.24. The summed E-state index contributed by atoms with van der Waals surface area (Å²) in [7, 11) is 0. The molecule has 1 aliphatic heterocycles. The Morgan fingerprint density at radius 3 is 2.88 bits per heavy atom. The van der Waals surface area contributed by atoms with Gasteiger partial charge in [0, 0.05) is 43.0 Å². The lowest BCUT2D eigenvalue weighted by Gasteiger charge is -2.13. The van der Waals surface area contributed by atoms with Gasteiger partial charge >= 0.3 is 0 Å². The molecule has 6 nitrogen and oxygen atoms in total. The van der Waals surface area contributed by atoms with Crippen molar-refractivity contribution in [3.8, 4) is 22.9 Å². The number of aromatic nitrogens is 3. The first-order valence-electron chi connectivity index (χ1n) is 10.4. The summed E-state index contributed by atoms with van der Waals surface area (Å²) >= 11 is 0. The Morgan fingerprint density at radius 1 is 1.19 bits per heavy atom. The van der Waals surface area contributed by atoms with Gasteiger partial charge in [-0.2, -0.15) is 0 Å². The molecule has 0 radical (unpaired) electrons. The van der Waals surface area contributed by atoms with Crippen LogP contribution >= 0.6 is 0 Å². The summed E-state index contributed by atoms with van der Waals surface area (Å²) in [5.74, 6) is 0.113. The van der Waals surface area contributed by atoms with Crippen LogP contribution in [0.2, 0.25) is 0 Å². The van der Waals surface area contributed by atoms with Gasteiger partial charge in [-0.3, -0.25) is 4.79 Å². The molecule has 1 atom stereocenters. The summed E-state index contributed by atoms with van der Waals surface area (Å²) in [5, 5.41) is 0. The number of likely N-dealkylation sites (tertiary alicyclic amines) is 1. The SMILES string of the molecule is C=CC(=O)N1CCC(c2cc(-c3ccc(Oc4ccccn4)c(F)c3)n3cnccc23)C1. The number of fused-ring (bicyclic) bond motifs is 1. The Bertz CT molecular complexity index is 1300. The minimum absolute atomic E-state index is 0.0523. The van der Waals surface area contributed by atoms with Gasteiger partial charge < -0.3 is 14.0 Å². The minimum atomic E-state index is -0.475. The second kappa shape index (κ2) is 8.26. The Hall–Kier alpha value is -4.00. The molecule has 0 aliphatic carbocycles. The summed E-state index contributed by atoms with van der Waals surface area (Å²) < 4.78 is 22.4. The quantitative estimate of drug-likeness (QED) is 0.427. The predicted octanol–water partition coefficient (Wildman–Crippen LogP) is 4.83. The number of amides is 1. The first-order valence-corrected chi connectivity index (χ1v) is 10.4. The molecule has 5 rings (SSSR count). The molecule has 160 valence electrons. The number of hydrogen-bond acceptors (Lipinski definition) is 4. The number of pyridine rings is 1. The van der Waals surface area contributed by atoms with Crippen molar-refractivity contribution in [1.29, 1.82) is 0 Å². The number of halogens is 1. The van der Waals surface area contributed by atoms with Crippen LogP contribution in [0.15, 0.2) is 79.9 Å². The maximum atomic E-state index is 14.9. The molecule has 7 heteroatoms. The lowest BCUT2D eigenvalue weighted by Crippen LogP contribution is -2.26. The normalized spacial score (nSPS) is 15.8. The summed E-state index contributed by atoms with van der Waals surface area (Å²) in [6.45, 7) is 4.92. The van der Waals surface area contributed by atoms with Crippen molar-refractivity contribution in [3.63, 3.8) is 0 Å². The molecule has 1 aromatic carbocycles. The molecule has 4 aromatic rings. The van der Waals surface area contributed by atoms with Crippen molar-refractivity contribution in [3.05, 3.63) is 91.3 Å². The zero-order valence-electron chi connectivity index (χ0n) is 17.3. The smallest absolute Gasteiger partial charge is 0.245 e. The van der Waals surface area contributed by atoms with E-state index >= 15 is 0 Å². The first kappa shape index (κ1) is 19.9. The maximum Gasteiger partial charge on any atom is 0.245 e. The van der Waals surface area contributed by atoms with Crippen molar-refractivity contribution in [2.75, 3.05) is 13.1 Å². The van der Waals surface area contributed by atoms with E-state index in [4.69, 9.17) is 4.74 Å². The number of carbonyl (C=O) groups is 1. The fourth-order valence-electron chi connectivity index (χ4n) is 4.24. The number of ether oxygens (including phenoxy) is 1. The van der Waals surface area contributed by atoms with Crippen molar-refractivity contribution in [2.24, 2.45) is 0 Å². The predicted molar refractivity (Wildman–Crippen MR) is 119 cm³/mol. The Morgan fingerprint density at radius 2 is 2.09 bits per heavy atom. The molecule has 1 fully saturated rings. The molecule has 1 aliphatic rings. The topological polar surface area (TPSA) is 59.7 Å². The highest BCUT2D eigenvalue weighted by Gasteiger charge is 2.29. The van der Waals surface area contributed by atoms with Gasteiger partial charge in [0.15, 0.2) is 11.6 Å². The van der Waals surface area contributed by atoms with E-state index in [2.05, 4.69) is 22.6 Å². The van der Waals surface area contributed by atoms with Crippen molar-refractivity contribution in [2.45, 2.75) is 12.3 Å². The van der Waals surface area contributed by atoms with Gasteiger partial charge in [0.1, 0.15) is 0 Å². The third kappa shape index (κ3) is 3.62. The minimum Gasteiger partial charge on any atom is -0.436 e. The van der Waals surface area contributed by atoms with Crippen LogP contribution in [-0.4, -0.2) is 38.3 Å². The van der Waals surface area contributed by atoms with E-state index in [1.807, 2.05) is 21.4 Å². The molecule has 3 aromatic heterocycles.